The van der Waals surface area contributed by atoms with Gasteiger partial charge in [-0.25, -0.2) is 0 Å². The van der Waals surface area contributed by atoms with Crippen LogP contribution in [0.4, 0.5) is 0 Å². The van der Waals surface area contributed by atoms with Crippen LogP contribution in [0.3, 0.4) is 0 Å². The summed E-state index contributed by atoms with van der Waals surface area (Å²) in [5.74, 6) is 0.299. The summed E-state index contributed by atoms with van der Waals surface area (Å²) in [6, 6.07) is 2.26. The Morgan fingerprint density at radius 2 is 2.29 bits per heavy atom. The van der Waals surface area contributed by atoms with Crippen molar-refractivity contribution in [3.05, 3.63) is 18.5 Å². The number of nitrogens with one attached hydrogen (secondary N) is 1. The molecule has 1 rings (SSSR count). The average molecular weight is 197 g/mol. The number of aliphatic hydroxyl groups excluding tert-OH is 1. The molecule has 4 heteroatoms. The van der Waals surface area contributed by atoms with E-state index in [0.29, 0.717) is 12.0 Å². The van der Waals surface area contributed by atoms with Gasteiger partial charge < -0.3 is 10.4 Å². The van der Waals surface area contributed by atoms with Crippen LogP contribution in [0, 0.1) is 5.92 Å². The Hall–Kier alpha value is -0.870. The van der Waals surface area contributed by atoms with Crippen LogP contribution in [0.2, 0.25) is 0 Å². The van der Waals surface area contributed by atoms with Crippen molar-refractivity contribution in [2.45, 2.75) is 26.4 Å². The molecule has 0 aliphatic carbocycles. The molecule has 0 aliphatic heterocycles. The lowest BCUT2D eigenvalue weighted by atomic mass is 10.1. The van der Waals surface area contributed by atoms with E-state index in [-0.39, 0.29) is 6.61 Å². The number of hydrogen-bond acceptors (Lipinski definition) is 3. The summed E-state index contributed by atoms with van der Waals surface area (Å²) >= 11 is 0. The Kier molecular flexibility index (Phi) is 4.62. The van der Waals surface area contributed by atoms with Gasteiger partial charge in [-0.05, 0) is 18.9 Å². The predicted molar refractivity (Wildman–Crippen MR) is 55.9 cm³/mol. The summed E-state index contributed by atoms with van der Waals surface area (Å²) in [7, 11) is 0. The first-order valence-corrected chi connectivity index (χ1v) is 5.05. The molecule has 2 atom stereocenters. The van der Waals surface area contributed by atoms with Crippen LogP contribution in [0.5, 0.6) is 0 Å². The van der Waals surface area contributed by atoms with E-state index in [1.165, 1.54) is 0 Å². The number of aliphatic hydroxyl groups is 1. The maximum atomic E-state index is 8.93. The van der Waals surface area contributed by atoms with Crippen molar-refractivity contribution in [2.75, 3.05) is 13.2 Å². The van der Waals surface area contributed by atoms with Crippen molar-refractivity contribution in [3.63, 3.8) is 0 Å². The Bertz CT molecular complexity index is 236. The highest BCUT2D eigenvalue weighted by Gasteiger charge is 2.09. The van der Waals surface area contributed by atoms with E-state index in [1.807, 2.05) is 23.9 Å². The van der Waals surface area contributed by atoms with Crippen molar-refractivity contribution in [1.29, 1.82) is 0 Å². The summed E-state index contributed by atoms with van der Waals surface area (Å²) in [5, 5.41) is 16.4. The van der Waals surface area contributed by atoms with Crippen LogP contribution in [-0.2, 0) is 6.54 Å². The lowest BCUT2D eigenvalue weighted by Gasteiger charge is -2.19. The fraction of sp³-hybridized carbons (Fsp3) is 0.700. The van der Waals surface area contributed by atoms with E-state index in [1.54, 1.807) is 6.20 Å². The SMILES string of the molecule is CC(CO)C(C)NCCn1cccn1. The molecule has 4 nitrogen and oxygen atoms in total. The molecule has 0 aliphatic rings. The zero-order valence-corrected chi connectivity index (χ0v) is 8.85. The number of nitrogens with zero attached hydrogens (tertiary/aromatic N) is 2. The fourth-order valence-electron chi connectivity index (χ4n) is 1.20. The minimum absolute atomic E-state index is 0.232. The Balaban J connectivity index is 2.15. The van der Waals surface area contributed by atoms with Crippen LogP contribution in [0.15, 0.2) is 18.5 Å². The topological polar surface area (TPSA) is 50.1 Å². The first-order valence-electron chi connectivity index (χ1n) is 5.05. The summed E-state index contributed by atoms with van der Waals surface area (Å²) < 4.78 is 1.89. The van der Waals surface area contributed by atoms with Crippen LogP contribution >= 0.6 is 0 Å². The maximum absolute atomic E-state index is 8.93. The van der Waals surface area contributed by atoms with Gasteiger partial charge in [0.15, 0.2) is 0 Å². The van der Waals surface area contributed by atoms with Crippen LogP contribution in [0.1, 0.15) is 13.8 Å². The van der Waals surface area contributed by atoms with E-state index in [2.05, 4.69) is 17.3 Å². The summed E-state index contributed by atoms with van der Waals surface area (Å²) in [5.41, 5.74) is 0. The Labute approximate surface area is 84.9 Å². The second-order valence-corrected chi connectivity index (χ2v) is 3.67. The van der Waals surface area contributed by atoms with Gasteiger partial charge in [0.05, 0.1) is 6.54 Å². The molecular weight excluding hydrogens is 178 g/mol. The standard InChI is InChI=1S/C10H19N3O/c1-9(8-14)10(2)11-5-7-13-6-3-4-12-13/h3-4,6,9-11,14H,5,7-8H2,1-2H3. The van der Waals surface area contributed by atoms with Crippen LogP contribution in [-0.4, -0.2) is 34.1 Å². The third-order valence-electron chi connectivity index (χ3n) is 2.51. The van der Waals surface area contributed by atoms with E-state index in [9.17, 15) is 0 Å². The summed E-state index contributed by atoms with van der Waals surface area (Å²) in [6.07, 6.45) is 3.72. The lowest BCUT2D eigenvalue weighted by Crippen LogP contribution is -2.35. The highest BCUT2D eigenvalue weighted by atomic mass is 16.3. The van der Waals surface area contributed by atoms with Crippen molar-refractivity contribution in [3.8, 4) is 0 Å². The van der Waals surface area contributed by atoms with Crippen molar-refractivity contribution in [2.24, 2.45) is 5.92 Å². The fourth-order valence-corrected chi connectivity index (χ4v) is 1.20. The summed E-state index contributed by atoms with van der Waals surface area (Å²) in [4.78, 5) is 0. The predicted octanol–water partition coefficient (Wildman–Crippen LogP) is 0.490. The first kappa shape index (κ1) is 11.2. The van der Waals surface area contributed by atoms with Gasteiger partial charge in [0.25, 0.3) is 0 Å². The number of rotatable bonds is 6. The quantitative estimate of drug-likeness (QED) is 0.698. The third-order valence-corrected chi connectivity index (χ3v) is 2.51. The second-order valence-electron chi connectivity index (χ2n) is 3.67. The Morgan fingerprint density at radius 3 is 2.86 bits per heavy atom. The van der Waals surface area contributed by atoms with E-state index in [4.69, 9.17) is 5.11 Å². The van der Waals surface area contributed by atoms with Gasteiger partial charge in [0.1, 0.15) is 0 Å². The van der Waals surface area contributed by atoms with Gasteiger partial charge in [-0.3, -0.25) is 4.68 Å². The molecule has 0 spiro atoms. The zero-order chi connectivity index (χ0) is 10.4. The molecule has 0 bridgehead atoms. The van der Waals surface area contributed by atoms with Gasteiger partial charge in [-0.2, -0.15) is 5.10 Å². The highest BCUT2D eigenvalue weighted by molar-refractivity contribution is 4.78. The van der Waals surface area contributed by atoms with Crippen LogP contribution < -0.4 is 5.32 Å². The van der Waals surface area contributed by atoms with Gasteiger partial charge in [0, 0.05) is 31.6 Å². The molecule has 0 aromatic carbocycles. The van der Waals surface area contributed by atoms with Gasteiger partial charge in [-0.1, -0.05) is 6.92 Å². The lowest BCUT2D eigenvalue weighted by molar-refractivity contribution is 0.207. The van der Waals surface area contributed by atoms with Crippen molar-refractivity contribution < 1.29 is 5.11 Å². The van der Waals surface area contributed by atoms with Crippen molar-refractivity contribution >= 4 is 0 Å². The molecule has 2 N–H and O–H groups in total. The molecule has 14 heavy (non-hydrogen) atoms. The third kappa shape index (κ3) is 3.47. The van der Waals surface area contributed by atoms with E-state index in [0.717, 1.165) is 13.1 Å². The number of aromatic nitrogens is 2. The van der Waals surface area contributed by atoms with E-state index < -0.39 is 0 Å². The van der Waals surface area contributed by atoms with E-state index >= 15 is 0 Å². The molecule has 0 saturated heterocycles. The molecule has 0 radical (unpaired) electrons. The minimum Gasteiger partial charge on any atom is -0.396 e. The van der Waals surface area contributed by atoms with Crippen molar-refractivity contribution in [1.82, 2.24) is 15.1 Å². The largest absolute Gasteiger partial charge is 0.396 e. The second kappa shape index (κ2) is 5.78. The average Bonchev–Trinajstić information content (AvgIpc) is 2.69. The zero-order valence-electron chi connectivity index (χ0n) is 8.85. The van der Waals surface area contributed by atoms with Crippen LogP contribution in [0.25, 0.3) is 0 Å². The molecule has 0 fully saturated rings. The molecule has 0 saturated carbocycles. The molecular formula is C10H19N3O. The Morgan fingerprint density at radius 1 is 1.50 bits per heavy atom. The van der Waals surface area contributed by atoms with Gasteiger partial charge in [0.2, 0.25) is 0 Å². The maximum Gasteiger partial charge on any atom is 0.0534 e. The summed E-state index contributed by atoms with van der Waals surface area (Å²) in [6.45, 7) is 6.11. The minimum atomic E-state index is 0.232. The smallest absolute Gasteiger partial charge is 0.0534 e. The molecule has 1 heterocycles. The number of hydrogen-bond donors (Lipinski definition) is 2. The molecule has 1 aromatic heterocycles. The van der Waals surface area contributed by atoms with Gasteiger partial charge in [-0.15, -0.1) is 0 Å². The first-order chi connectivity index (χ1) is 6.74. The van der Waals surface area contributed by atoms with Gasteiger partial charge >= 0.3 is 0 Å². The molecule has 2 unspecified atom stereocenters. The monoisotopic (exact) mass is 197 g/mol. The highest BCUT2D eigenvalue weighted by Crippen LogP contribution is 1.99. The normalized spacial score (nSPS) is 15.4. The molecule has 1 aromatic rings. The molecule has 0 amide bonds. The molecule has 80 valence electrons.